The number of nitrogens with zero attached hydrogens (tertiary/aromatic N) is 4. The molecule has 1 radical (unpaired) electrons. The fraction of sp³-hybridized carbons (Fsp3) is 0.643. The molecule has 0 saturated heterocycles. The van der Waals surface area contributed by atoms with Gasteiger partial charge in [-0.1, -0.05) is 0 Å². The van der Waals surface area contributed by atoms with Crippen LogP contribution in [0.15, 0.2) is 20.4 Å². The van der Waals surface area contributed by atoms with E-state index in [-0.39, 0.29) is 27.4 Å². The van der Waals surface area contributed by atoms with Crippen molar-refractivity contribution in [1.82, 2.24) is 16.0 Å². The number of nitrogens with one attached hydrogen (secondary N) is 3. The zero-order chi connectivity index (χ0) is 19.5. The minimum atomic E-state index is -0.531. The topological polar surface area (TPSA) is 112 Å². The van der Waals surface area contributed by atoms with Gasteiger partial charge in [-0.15, -0.1) is 0 Å². The van der Waals surface area contributed by atoms with E-state index in [1.54, 1.807) is 41.7 Å². The first-order chi connectivity index (χ1) is 11.5. The van der Waals surface area contributed by atoms with Crippen LogP contribution < -0.4 is 16.0 Å². The van der Waals surface area contributed by atoms with Crippen molar-refractivity contribution >= 4 is 53.1 Å². The molecular weight excluding hydrogens is 426 g/mol. The van der Waals surface area contributed by atoms with Gasteiger partial charge in [0, 0.05) is 20.1 Å². The van der Waals surface area contributed by atoms with E-state index in [0.717, 1.165) is 0 Å². The van der Waals surface area contributed by atoms with E-state index in [1.807, 2.05) is 0 Å². The van der Waals surface area contributed by atoms with Gasteiger partial charge in [-0.2, -0.15) is 20.4 Å². The maximum absolute atomic E-state index is 11.4. The summed E-state index contributed by atoms with van der Waals surface area (Å²) < 4.78 is 5.11. The van der Waals surface area contributed by atoms with Gasteiger partial charge in [0.05, 0.1) is 11.4 Å². The Morgan fingerprint density at radius 2 is 1.38 bits per heavy atom. The molecule has 0 rings (SSSR count). The van der Waals surface area contributed by atoms with Gasteiger partial charge >= 0.3 is 23.2 Å². The molecule has 26 heavy (non-hydrogen) atoms. The van der Waals surface area contributed by atoms with Crippen LogP contribution in [0, 0.1) is 0 Å². The quantitative estimate of drug-likeness (QED) is 0.138. The number of hydrogen-bond donors (Lipinski definition) is 3. The predicted molar refractivity (Wildman–Crippen MR) is 107 cm³/mol. The number of hydrogen-bond acceptors (Lipinski definition) is 8. The summed E-state index contributed by atoms with van der Waals surface area (Å²) in [6.07, 6.45) is -0.485. The molecule has 0 atom stereocenters. The first-order valence-corrected chi connectivity index (χ1v) is 8.34. The fourth-order valence-electron chi connectivity index (χ4n) is 1.12. The summed E-state index contributed by atoms with van der Waals surface area (Å²) in [5.41, 5.74) is 0.589. The molecule has 0 aromatic rings. The number of carbonyl (C=O) groups is 1. The van der Waals surface area contributed by atoms with E-state index in [9.17, 15) is 4.79 Å². The molecular formula is C14H25CuN7O2S2. The van der Waals surface area contributed by atoms with E-state index in [4.69, 9.17) is 30.0 Å². The van der Waals surface area contributed by atoms with Gasteiger partial charge < -0.3 is 45.9 Å². The van der Waals surface area contributed by atoms with Gasteiger partial charge in [-0.3, -0.25) is 0 Å². The fourth-order valence-corrected chi connectivity index (χ4v) is 1.30. The summed E-state index contributed by atoms with van der Waals surface area (Å²) >= 11 is 9.88. The Morgan fingerprint density at radius 1 is 0.923 bits per heavy atom. The third-order valence-corrected chi connectivity index (χ3v) is 2.90. The van der Waals surface area contributed by atoms with Crippen molar-refractivity contribution in [2.24, 2.45) is 20.4 Å². The van der Waals surface area contributed by atoms with E-state index in [2.05, 4.69) is 36.4 Å². The summed E-state index contributed by atoms with van der Waals surface area (Å²) in [6.45, 7) is 9.59. The molecule has 0 saturated carbocycles. The molecule has 0 heterocycles. The molecule has 0 unspecified atom stereocenters. The molecule has 9 nitrogen and oxygen atoms in total. The summed E-state index contributed by atoms with van der Waals surface area (Å²) in [4.78, 5) is 11.4. The zero-order valence-electron chi connectivity index (χ0n) is 15.6. The molecule has 3 N–H and O–H groups in total. The van der Waals surface area contributed by atoms with Crippen molar-refractivity contribution in [3.8, 4) is 0 Å². The van der Waals surface area contributed by atoms with Crippen LogP contribution in [0.5, 0.6) is 0 Å². The number of rotatable bonds is 6. The Morgan fingerprint density at radius 3 is 1.85 bits per heavy atom. The maximum Gasteiger partial charge on any atom is 2.00 e. The predicted octanol–water partition coefficient (Wildman–Crippen LogP) is 0.875. The van der Waals surface area contributed by atoms with Crippen LogP contribution in [0.25, 0.3) is 0 Å². The summed E-state index contributed by atoms with van der Waals surface area (Å²) in [5, 5.41) is 24.1. The van der Waals surface area contributed by atoms with Gasteiger partial charge in [-0.05, 0) is 45.0 Å². The van der Waals surface area contributed by atoms with Crippen LogP contribution in [0.4, 0.5) is 4.79 Å². The van der Waals surface area contributed by atoms with E-state index < -0.39 is 11.7 Å². The van der Waals surface area contributed by atoms with Crippen molar-refractivity contribution in [3.63, 3.8) is 0 Å². The normalized spacial score (nSPS) is 13.6. The average molecular weight is 451 g/mol. The molecule has 0 aliphatic carbocycles. The molecule has 0 spiro atoms. The molecule has 0 fully saturated rings. The Balaban J connectivity index is 0. The zero-order valence-corrected chi connectivity index (χ0v) is 18.2. The Hall–Kier alpha value is -1.49. The number of amides is 1. The summed E-state index contributed by atoms with van der Waals surface area (Å²) in [5.74, 6) is 0. The van der Waals surface area contributed by atoms with Crippen molar-refractivity contribution in [2.45, 2.75) is 40.2 Å². The third kappa shape index (κ3) is 14.8. The van der Waals surface area contributed by atoms with Crippen LogP contribution in [0.3, 0.4) is 0 Å². The minimum absolute atomic E-state index is 0. The molecule has 12 heteroatoms. The Kier molecular flexibility index (Phi) is 14.1. The SMILES string of the molecule is CN/C([S-])=N/N=C(C)/C(C)=N/N=C(\[S-])NCCNC(=O)OC(C)(C)C.[Cu+2]. The van der Waals surface area contributed by atoms with Crippen LogP contribution in [-0.2, 0) is 47.1 Å². The molecule has 0 bridgehead atoms. The monoisotopic (exact) mass is 450 g/mol. The van der Waals surface area contributed by atoms with Gasteiger partial charge in [0.1, 0.15) is 5.60 Å². The summed E-state index contributed by atoms with van der Waals surface area (Å²) in [6, 6.07) is 0. The molecule has 0 aromatic carbocycles. The van der Waals surface area contributed by atoms with Gasteiger partial charge in [-0.25, -0.2) is 4.79 Å². The maximum atomic E-state index is 11.4. The number of carbonyl (C=O) groups excluding carboxylic acids is 1. The van der Waals surface area contributed by atoms with Crippen LogP contribution in [0.1, 0.15) is 34.6 Å². The van der Waals surface area contributed by atoms with Gasteiger partial charge in [0.15, 0.2) is 0 Å². The average Bonchev–Trinajstić information content (AvgIpc) is 2.52. The van der Waals surface area contributed by atoms with Crippen LogP contribution in [0.2, 0.25) is 0 Å². The smallest absolute Gasteiger partial charge is 0.741 e. The number of alkyl carbamates (subject to hydrolysis) is 1. The van der Waals surface area contributed by atoms with Crippen molar-refractivity contribution in [2.75, 3.05) is 20.1 Å². The van der Waals surface area contributed by atoms with E-state index in [1.165, 1.54) is 0 Å². The second-order valence-corrected chi connectivity index (χ2v) is 6.56. The van der Waals surface area contributed by atoms with Crippen molar-refractivity contribution < 1.29 is 26.6 Å². The van der Waals surface area contributed by atoms with E-state index >= 15 is 0 Å². The molecule has 0 aromatic heterocycles. The second-order valence-electron chi connectivity index (χ2n) is 5.79. The first-order valence-electron chi connectivity index (χ1n) is 7.52. The standard InChI is InChI=1S/C14H27N7O2S2.Cu/c1-9(18-20-11(24)15-6)10(2)19-21-12(25)16-7-8-17-13(22)23-14(3,4)5;/h7-8H2,1-6H3,(H,17,22)(H2,15,20,24)(H2,16,21,25);/q;+2/p-2/b18-9+,19-10+;. The molecule has 0 aliphatic heterocycles. The molecule has 1 amide bonds. The molecule has 0 aliphatic rings. The largest absolute Gasteiger partial charge is 2.00 e. The van der Waals surface area contributed by atoms with Crippen LogP contribution >= 0.6 is 0 Å². The second kappa shape index (κ2) is 13.7. The third-order valence-electron chi connectivity index (χ3n) is 2.39. The van der Waals surface area contributed by atoms with Crippen molar-refractivity contribution in [3.05, 3.63) is 0 Å². The molecule has 151 valence electrons. The Labute approximate surface area is 176 Å². The number of ether oxygens (including phenoxy) is 1. The first kappa shape index (κ1) is 26.7. The van der Waals surface area contributed by atoms with Crippen molar-refractivity contribution in [1.29, 1.82) is 0 Å². The van der Waals surface area contributed by atoms with Gasteiger partial charge in [0.25, 0.3) is 0 Å². The van der Waals surface area contributed by atoms with E-state index in [0.29, 0.717) is 24.5 Å². The summed E-state index contributed by atoms with van der Waals surface area (Å²) in [7, 11) is 1.66. The van der Waals surface area contributed by atoms with Gasteiger partial charge in [0.2, 0.25) is 0 Å². The minimum Gasteiger partial charge on any atom is -0.741 e. The van der Waals surface area contributed by atoms with Crippen LogP contribution in [-0.4, -0.2) is 53.6 Å². The number of amidine groups is 2. The Bertz CT molecular complexity index is 572.